The summed E-state index contributed by atoms with van der Waals surface area (Å²) in [7, 11) is 3.10. The molecule has 3 aromatic carbocycles. The van der Waals surface area contributed by atoms with Gasteiger partial charge in [0.25, 0.3) is 0 Å². The molecule has 0 aliphatic carbocycles. The molecule has 0 bridgehead atoms. The second kappa shape index (κ2) is 16.0. The molecular formula is C38H47FN2O6. The van der Waals surface area contributed by atoms with E-state index in [1.807, 2.05) is 26.8 Å². The molecule has 4 rings (SSSR count). The molecule has 0 saturated carbocycles. The van der Waals surface area contributed by atoms with Crippen molar-refractivity contribution in [2.75, 3.05) is 40.4 Å². The molecule has 1 N–H and O–H groups in total. The van der Waals surface area contributed by atoms with E-state index in [9.17, 15) is 14.4 Å². The first kappa shape index (κ1) is 35.6. The van der Waals surface area contributed by atoms with Crippen molar-refractivity contribution < 1.29 is 33.0 Å². The Hall–Kier alpha value is -4.24. The normalized spacial score (nSPS) is 18.3. The molecule has 9 heteroatoms. The number of ketones is 2. The molecule has 0 radical (unpaired) electrons. The number of piperidine rings is 1. The van der Waals surface area contributed by atoms with Crippen LogP contribution in [0.4, 0.5) is 9.18 Å². The van der Waals surface area contributed by atoms with Gasteiger partial charge < -0.3 is 24.4 Å². The van der Waals surface area contributed by atoms with Crippen LogP contribution in [0.1, 0.15) is 77.8 Å². The van der Waals surface area contributed by atoms with Crippen molar-refractivity contribution in [2.24, 2.45) is 11.8 Å². The summed E-state index contributed by atoms with van der Waals surface area (Å²) in [6.07, 6.45) is 1.96. The fourth-order valence-corrected chi connectivity index (χ4v) is 6.35. The van der Waals surface area contributed by atoms with Crippen LogP contribution in [-0.4, -0.2) is 68.6 Å². The minimum absolute atomic E-state index is 0.118. The van der Waals surface area contributed by atoms with Gasteiger partial charge in [0.15, 0.2) is 11.6 Å². The highest BCUT2D eigenvalue weighted by molar-refractivity contribution is 6.02. The van der Waals surface area contributed by atoms with Crippen LogP contribution in [0.5, 0.6) is 11.5 Å². The van der Waals surface area contributed by atoms with E-state index in [4.69, 9.17) is 14.2 Å². The van der Waals surface area contributed by atoms with E-state index >= 15 is 4.39 Å². The molecule has 0 spiro atoms. The van der Waals surface area contributed by atoms with Gasteiger partial charge in [-0.3, -0.25) is 9.59 Å². The van der Waals surface area contributed by atoms with Crippen LogP contribution in [-0.2, 0) is 4.74 Å². The van der Waals surface area contributed by atoms with Crippen molar-refractivity contribution in [1.82, 2.24) is 10.2 Å². The second-order valence-corrected chi connectivity index (χ2v) is 13.1. The Morgan fingerprint density at radius 3 is 1.91 bits per heavy atom. The molecule has 1 fully saturated rings. The van der Waals surface area contributed by atoms with Gasteiger partial charge in [-0.15, -0.1) is 0 Å². The van der Waals surface area contributed by atoms with Gasteiger partial charge in [0, 0.05) is 48.5 Å². The van der Waals surface area contributed by atoms with Crippen LogP contribution in [0.3, 0.4) is 0 Å². The smallest absolute Gasteiger partial charge is 0.407 e. The van der Waals surface area contributed by atoms with Crippen molar-refractivity contribution in [3.63, 3.8) is 0 Å². The Bertz CT molecular complexity index is 1480. The van der Waals surface area contributed by atoms with Gasteiger partial charge in [0.1, 0.15) is 22.9 Å². The van der Waals surface area contributed by atoms with Crippen LogP contribution in [0, 0.1) is 24.6 Å². The Morgan fingerprint density at radius 1 is 0.830 bits per heavy atom. The number of hydrogen-bond acceptors (Lipinski definition) is 7. The number of alkyl carbamates (subject to hydrolysis) is 1. The number of benzene rings is 3. The first-order valence-corrected chi connectivity index (χ1v) is 16.2. The number of likely N-dealkylation sites (tertiary alicyclic amines) is 1. The quantitative estimate of drug-likeness (QED) is 0.155. The Kier molecular flexibility index (Phi) is 12.2. The number of carbonyl (C=O) groups excluding carboxylic acids is 3. The molecule has 8 nitrogen and oxygen atoms in total. The third kappa shape index (κ3) is 9.41. The number of unbranched alkanes of at least 4 members (excludes halogenated alkanes) is 2. The van der Waals surface area contributed by atoms with Crippen LogP contribution in [0.2, 0.25) is 0 Å². The molecule has 1 amide bonds. The number of nitrogens with zero attached hydrogens (tertiary/aromatic N) is 1. The topological polar surface area (TPSA) is 94.2 Å². The van der Waals surface area contributed by atoms with Gasteiger partial charge in [0.05, 0.1) is 14.2 Å². The highest BCUT2D eigenvalue weighted by Gasteiger charge is 2.45. The standard InChI is InChI=1S/C38H47FN2O6/c1-25-30(17-12-18-33(25)39)34-31(35(42)26-13-10-15-28(21-26)45-5)23-41(20-9-7-8-19-40-37(44)47-38(2,3)4)24-32(34)36(43)27-14-11-16-29(22-27)46-6/h10-18,21-22,31-32,34H,7-9,19-20,23-24H2,1-6H3,(H,40,44). The van der Waals surface area contributed by atoms with Gasteiger partial charge in [-0.2, -0.15) is 0 Å². The highest BCUT2D eigenvalue weighted by atomic mass is 19.1. The van der Waals surface area contributed by atoms with Crippen LogP contribution in [0.15, 0.2) is 66.7 Å². The van der Waals surface area contributed by atoms with Crippen molar-refractivity contribution in [3.8, 4) is 11.5 Å². The van der Waals surface area contributed by atoms with E-state index in [0.717, 1.165) is 19.3 Å². The lowest BCUT2D eigenvalue weighted by molar-refractivity contribution is 0.0526. The zero-order valence-corrected chi connectivity index (χ0v) is 28.3. The SMILES string of the molecule is COc1cccc(C(=O)C2CN(CCCCCNC(=O)OC(C)(C)C)CC(C(=O)c3cccc(OC)c3)C2c2cccc(F)c2C)c1. The van der Waals surface area contributed by atoms with Crippen molar-refractivity contribution in [3.05, 3.63) is 94.8 Å². The average molecular weight is 647 g/mol. The second-order valence-electron chi connectivity index (χ2n) is 13.1. The number of halogens is 1. The third-order valence-electron chi connectivity index (χ3n) is 8.65. The van der Waals surface area contributed by atoms with Crippen molar-refractivity contribution in [2.45, 2.75) is 58.5 Å². The maximum Gasteiger partial charge on any atom is 0.407 e. The first-order valence-electron chi connectivity index (χ1n) is 16.2. The number of nitrogens with one attached hydrogen (secondary N) is 1. The largest absolute Gasteiger partial charge is 0.497 e. The highest BCUT2D eigenvalue weighted by Crippen LogP contribution is 2.43. The van der Waals surface area contributed by atoms with E-state index in [2.05, 4.69) is 10.2 Å². The van der Waals surface area contributed by atoms with Crippen LogP contribution < -0.4 is 14.8 Å². The summed E-state index contributed by atoms with van der Waals surface area (Å²) in [6, 6.07) is 19.0. The van der Waals surface area contributed by atoms with Gasteiger partial charge in [-0.05, 0) is 88.5 Å². The molecule has 252 valence electrons. The predicted octanol–water partition coefficient (Wildman–Crippen LogP) is 7.24. The Labute approximate surface area is 277 Å². The molecule has 0 aromatic heterocycles. The number of rotatable bonds is 13. The van der Waals surface area contributed by atoms with E-state index in [-0.39, 0.29) is 17.4 Å². The summed E-state index contributed by atoms with van der Waals surface area (Å²) in [4.78, 5) is 43.0. The van der Waals surface area contributed by atoms with E-state index in [1.165, 1.54) is 6.07 Å². The third-order valence-corrected chi connectivity index (χ3v) is 8.65. The van der Waals surface area contributed by atoms with Gasteiger partial charge in [-0.25, -0.2) is 9.18 Å². The van der Waals surface area contributed by atoms with E-state index in [1.54, 1.807) is 75.7 Å². The number of hydrogen-bond donors (Lipinski definition) is 1. The summed E-state index contributed by atoms with van der Waals surface area (Å²) < 4.78 is 31.2. The zero-order valence-electron chi connectivity index (χ0n) is 28.3. The first-order chi connectivity index (χ1) is 22.4. The Morgan fingerprint density at radius 2 is 1.38 bits per heavy atom. The number of Topliss-reactive ketones (excluding diaryl/α,β-unsaturated/α-hetero) is 2. The summed E-state index contributed by atoms with van der Waals surface area (Å²) in [6.45, 7) is 9.15. The molecule has 1 heterocycles. The lowest BCUT2D eigenvalue weighted by atomic mass is 9.67. The van der Waals surface area contributed by atoms with E-state index < -0.39 is 29.4 Å². The predicted molar refractivity (Wildman–Crippen MR) is 180 cm³/mol. The molecule has 47 heavy (non-hydrogen) atoms. The van der Waals surface area contributed by atoms with Gasteiger partial charge in [-0.1, -0.05) is 42.8 Å². The summed E-state index contributed by atoms with van der Waals surface area (Å²) in [5.74, 6) is -1.28. The molecule has 1 saturated heterocycles. The number of methoxy groups -OCH3 is 2. The fourth-order valence-electron chi connectivity index (χ4n) is 6.35. The number of amides is 1. The zero-order chi connectivity index (χ0) is 34.1. The van der Waals surface area contributed by atoms with Gasteiger partial charge in [0.2, 0.25) is 0 Å². The molecule has 1 aliphatic heterocycles. The average Bonchev–Trinajstić information content (AvgIpc) is 3.05. The van der Waals surface area contributed by atoms with Crippen LogP contribution >= 0.6 is 0 Å². The minimum Gasteiger partial charge on any atom is -0.497 e. The monoisotopic (exact) mass is 646 g/mol. The summed E-state index contributed by atoms with van der Waals surface area (Å²) in [5.41, 5.74) is 1.51. The lowest BCUT2D eigenvalue weighted by Crippen LogP contribution is -2.50. The molecule has 2 atom stereocenters. The van der Waals surface area contributed by atoms with E-state index in [0.29, 0.717) is 59.9 Å². The molecule has 1 aliphatic rings. The molecular weight excluding hydrogens is 599 g/mol. The summed E-state index contributed by atoms with van der Waals surface area (Å²) in [5, 5.41) is 2.80. The van der Waals surface area contributed by atoms with Crippen molar-refractivity contribution in [1.29, 1.82) is 0 Å². The molecule has 3 aromatic rings. The van der Waals surface area contributed by atoms with Crippen LogP contribution in [0.25, 0.3) is 0 Å². The maximum atomic E-state index is 15.1. The maximum absolute atomic E-state index is 15.1. The Balaban J connectivity index is 1.63. The number of ether oxygens (including phenoxy) is 3. The van der Waals surface area contributed by atoms with Gasteiger partial charge >= 0.3 is 6.09 Å². The fraction of sp³-hybridized carbons (Fsp3) is 0.447. The number of carbonyl (C=O) groups is 3. The summed E-state index contributed by atoms with van der Waals surface area (Å²) >= 11 is 0. The molecule has 2 unspecified atom stereocenters. The minimum atomic E-state index is -0.621. The van der Waals surface area contributed by atoms with Crippen molar-refractivity contribution >= 4 is 17.7 Å². The lowest BCUT2D eigenvalue weighted by Gasteiger charge is -2.43.